The molecule has 0 aromatic carbocycles. The van der Waals surface area contributed by atoms with Gasteiger partial charge < -0.3 is 4.90 Å². The molecule has 0 saturated carbocycles. The molecule has 142 valence electrons. The summed E-state index contributed by atoms with van der Waals surface area (Å²) in [6.07, 6.45) is 0. The molecule has 0 aliphatic rings. The van der Waals surface area contributed by atoms with Crippen LogP contribution >= 0.6 is 54.7 Å². The van der Waals surface area contributed by atoms with Gasteiger partial charge in [-0.1, -0.05) is 36.6 Å². The fourth-order valence-electron chi connectivity index (χ4n) is 2.10. The molecule has 0 spiro atoms. The molecule has 0 aliphatic heterocycles. The van der Waals surface area contributed by atoms with Gasteiger partial charge in [-0.05, 0) is 62.4 Å². The van der Waals surface area contributed by atoms with Gasteiger partial charge in [-0.3, -0.25) is 0 Å². The van der Waals surface area contributed by atoms with Gasteiger partial charge in [0.15, 0.2) is 5.84 Å². The minimum Gasteiger partial charge on any atom is -0.303 e. The Morgan fingerprint density at radius 1 is 1.11 bits per heavy atom. The third kappa shape index (κ3) is 4.76. The molecule has 0 unspecified atom stereocenters. The Morgan fingerprint density at radius 3 is 2.30 bits per heavy atom. The van der Waals surface area contributed by atoms with Crippen molar-refractivity contribution in [2.75, 3.05) is 11.9 Å². The Labute approximate surface area is 182 Å². The minimum absolute atomic E-state index is 0.0587. The van der Waals surface area contributed by atoms with Crippen molar-refractivity contribution in [3.05, 3.63) is 36.9 Å². The standard InChI is InChI=1S/C16H17Br2N7S2/c1-8-12(27-24-21-8)13(19-9-6-10(17)20-11(18)7-9)25(5)15-23-22-14(26-15)16(2,3)4/h6-7H,1-5H3. The van der Waals surface area contributed by atoms with Crippen molar-refractivity contribution in [2.24, 2.45) is 4.99 Å². The molecule has 3 heterocycles. The number of nitrogens with zero attached hydrogens (tertiary/aromatic N) is 7. The first kappa shape index (κ1) is 20.4. The van der Waals surface area contributed by atoms with Gasteiger partial charge >= 0.3 is 0 Å². The van der Waals surface area contributed by atoms with E-state index in [1.54, 1.807) is 11.3 Å². The summed E-state index contributed by atoms with van der Waals surface area (Å²) in [6.45, 7) is 8.28. The first-order chi connectivity index (χ1) is 12.6. The van der Waals surface area contributed by atoms with Gasteiger partial charge in [0.25, 0.3) is 0 Å². The number of aliphatic imine (C=N–C) groups is 1. The third-order valence-corrected chi connectivity index (χ3v) is 6.56. The lowest BCUT2D eigenvalue weighted by molar-refractivity contribution is 0.578. The maximum Gasteiger partial charge on any atom is 0.213 e. The van der Waals surface area contributed by atoms with Crippen molar-refractivity contribution in [1.82, 2.24) is 24.8 Å². The van der Waals surface area contributed by atoms with Gasteiger partial charge in [0.05, 0.1) is 11.4 Å². The molecule has 7 nitrogen and oxygen atoms in total. The zero-order chi connectivity index (χ0) is 19.8. The summed E-state index contributed by atoms with van der Waals surface area (Å²) in [5.41, 5.74) is 1.51. The molecular weight excluding hydrogens is 514 g/mol. The van der Waals surface area contributed by atoms with Crippen molar-refractivity contribution < 1.29 is 0 Å². The third-order valence-electron chi connectivity index (χ3n) is 3.50. The Bertz CT molecular complexity index is 971. The van der Waals surface area contributed by atoms with E-state index in [0.717, 1.165) is 26.4 Å². The van der Waals surface area contributed by atoms with Crippen LogP contribution in [0.3, 0.4) is 0 Å². The molecule has 27 heavy (non-hydrogen) atoms. The molecule has 0 fully saturated rings. The number of amidine groups is 1. The lowest BCUT2D eigenvalue weighted by Crippen LogP contribution is -2.27. The number of hydrogen-bond acceptors (Lipinski definition) is 8. The van der Waals surface area contributed by atoms with E-state index < -0.39 is 0 Å². The van der Waals surface area contributed by atoms with Crippen LogP contribution in [-0.4, -0.2) is 37.7 Å². The number of pyridine rings is 1. The van der Waals surface area contributed by atoms with Gasteiger partial charge in [0.1, 0.15) is 19.1 Å². The maximum atomic E-state index is 4.84. The van der Waals surface area contributed by atoms with E-state index in [9.17, 15) is 0 Å². The average Bonchev–Trinajstić information content (AvgIpc) is 3.20. The monoisotopic (exact) mass is 529 g/mol. The zero-order valence-corrected chi connectivity index (χ0v) is 20.2. The van der Waals surface area contributed by atoms with E-state index in [1.165, 1.54) is 11.5 Å². The number of halogens is 2. The van der Waals surface area contributed by atoms with Crippen molar-refractivity contribution in [2.45, 2.75) is 33.1 Å². The Morgan fingerprint density at radius 2 is 1.78 bits per heavy atom. The maximum absolute atomic E-state index is 4.84. The van der Waals surface area contributed by atoms with Gasteiger partial charge in [-0.25, -0.2) is 9.98 Å². The second-order valence-corrected chi connectivity index (χ2v) is 10.1. The van der Waals surface area contributed by atoms with Crippen LogP contribution in [0.2, 0.25) is 0 Å². The Balaban J connectivity index is 2.09. The van der Waals surface area contributed by atoms with Crippen LogP contribution in [0.5, 0.6) is 0 Å². The minimum atomic E-state index is -0.0587. The van der Waals surface area contributed by atoms with Crippen LogP contribution in [0.4, 0.5) is 10.8 Å². The van der Waals surface area contributed by atoms with Gasteiger partial charge in [0, 0.05) is 12.5 Å². The lowest BCUT2D eigenvalue weighted by atomic mass is 9.98. The summed E-state index contributed by atoms with van der Waals surface area (Å²) in [5, 5.41) is 14.6. The zero-order valence-electron chi connectivity index (χ0n) is 15.4. The molecule has 11 heteroatoms. The number of anilines is 1. The molecule has 0 N–H and O–H groups in total. The first-order valence-electron chi connectivity index (χ1n) is 7.94. The van der Waals surface area contributed by atoms with E-state index >= 15 is 0 Å². The highest BCUT2D eigenvalue weighted by atomic mass is 79.9. The quantitative estimate of drug-likeness (QED) is 0.265. The predicted molar refractivity (Wildman–Crippen MR) is 117 cm³/mol. The molecule has 3 aromatic rings. The largest absolute Gasteiger partial charge is 0.303 e. The van der Waals surface area contributed by atoms with E-state index in [-0.39, 0.29) is 5.41 Å². The highest BCUT2D eigenvalue weighted by molar-refractivity contribution is 9.11. The fraction of sp³-hybridized carbons (Fsp3) is 0.375. The van der Waals surface area contributed by atoms with Crippen LogP contribution in [0, 0.1) is 6.92 Å². The number of aromatic nitrogens is 5. The summed E-state index contributed by atoms with van der Waals surface area (Å²) < 4.78 is 5.45. The highest BCUT2D eigenvalue weighted by Crippen LogP contribution is 2.31. The topological polar surface area (TPSA) is 80.0 Å². The van der Waals surface area contributed by atoms with Crippen LogP contribution in [0.15, 0.2) is 26.3 Å². The summed E-state index contributed by atoms with van der Waals surface area (Å²) in [4.78, 5) is 11.9. The van der Waals surface area contributed by atoms with E-state index in [2.05, 4.69) is 77.4 Å². The van der Waals surface area contributed by atoms with Crippen LogP contribution in [0.1, 0.15) is 36.3 Å². The SMILES string of the molecule is Cc1nnsc1C(=Nc1cc(Br)nc(Br)c1)N(C)c1nnc(C(C)(C)C)s1. The molecule has 0 radical (unpaired) electrons. The second kappa shape index (κ2) is 7.98. The second-order valence-electron chi connectivity index (χ2n) is 6.79. The molecule has 0 aliphatic carbocycles. The number of aryl methyl sites for hydroxylation is 1. The molecule has 3 rings (SSSR count). The summed E-state index contributed by atoms with van der Waals surface area (Å²) >= 11 is 9.67. The molecule has 3 aromatic heterocycles. The van der Waals surface area contributed by atoms with E-state index in [0.29, 0.717) is 15.0 Å². The fourth-order valence-corrected chi connectivity index (χ4v) is 4.74. The molecule has 0 saturated heterocycles. The van der Waals surface area contributed by atoms with Crippen molar-refractivity contribution in [3.63, 3.8) is 0 Å². The lowest BCUT2D eigenvalue weighted by Gasteiger charge is -2.17. The highest BCUT2D eigenvalue weighted by Gasteiger charge is 2.24. The summed E-state index contributed by atoms with van der Waals surface area (Å²) in [6, 6.07) is 3.70. The van der Waals surface area contributed by atoms with Gasteiger partial charge in [-0.2, -0.15) is 0 Å². The van der Waals surface area contributed by atoms with Crippen molar-refractivity contribution in [3.8, 4) is 0 Å². The van der Waals surface area contributed by atoms with Gasteiger partial charge in [0.2, 0.25) is 5.13 Å². The molecule has 0 bridgehead atoms. The molecule has 0 atom stereocenters. The Kier molecular flexibility index (Phi) is 6.04. The van der Waals surface area contributed by atoms with Crippen LogP contribution in [-0.2, 0) is 5.41 Å². The van der Waals surface area contributed by atoms with Crippen molar-refractivity contribution >= 4 is 71.4 Å². The smallest absolute Gasteiger partial charge is 0.213 e. The summed E-state index contributed by atoms with van der Waals surface area (Å²) in [5.74, 6) is 0.712. The first-order valence-corrected chi connectivity index (χ1v) is 11.1. The number of hydrogen-bond donors (Lipinski definition) is 0. The summed E-state index contributed by atoms with van der Waals surface area (Å²) in [7, 11) is 1.93. The predicted octanol–water partition coefficient (Wildman–Crippen LogP) is 5.13. The molecule has 0 amide bonds. The Hall–Kier alpha value is -1.30. The molecular formula is C16H17Br2N7S2. The van der Waals surface area contributed by atoms with E-state index in [1.807, 2.05) is 31.0 Å². The van der Waals surface area contributed by atoms with Crippen LogP contribution < -0.4 is 4.90 Å². The van der Waals surface area contributed by atoms with Crippen LogP contribution in [0.25, 0.3) is 0 Å². The number of rotatable bonds is 3. The van der Waals surface area contributed by atoms with Gasteiger partial charge in [-0.15, -0.1) is 15.3 Å². The van der Waals surface area contributed by atoms with E-state index in [4.69, 9.17) is 4.99 Å². The van der Waals surface area contributed by atoms with Crippen molar-refractivity contribution in [1.29, 1.82) is 0 Å². The normalized spacial score (nSPS) is 12.5. The average molecular weight is 531 g/mol.